The summed E-state index contributed by atoms with van der Waals surface area (Å²) in [4.78, 5) is 0. The van der Waals surface area contributed by atoms with E-state index < -0.39 is 10.8 Å². The molecule has 0 unspecified atom stereocenters. The number of allylic oxidation sites excluding steroid dienone is 5. The predicted octanol–water partition coefficient (Wildman–Crippen LogP) is 13.4. The van der Waals surface area contributed by atoms with Crippen LogP contribution in [0.4, 0.5) is 0 Å². The summed E-state index contributed by atoms with van der Waals surface area (Å²) in [5, 5.41) is 95.2. The Morgan fingerprint density at radius 1 is 0.463 bits per heavy atom. The van der Waals surface area contributed by atoms with Crippen LogP contribution in [0.15, 0.2) is 176 Å². The monoisotopic (exact) mass is 886 g/mol. The number of hydrogen-bond donors (Lipinski definition) is 8. The lowest BCUT2D eigenvalue weighted by atomic mass is 9.67. The highest BCUT2D eigenvalue weighted by molar-refractivity contribution is 5.97. The van der Waals surface area contributed by atoms with E-state index in [-0.39, 0.29) is 58.8 Å². The van der Waals surface area contributed by atoms with E-state index >= 15 is 0 Å². The van der Waals surface area contributed by atoms with Crippen LogP contribution in [-0.2, 0) is 17.3 Å². The van der Waals surface area contributed by atoms with Crippen LogP contribution in [-0.4, -0.2) is 40.9 Å². The molecule has 0 aliphatic rings. The second-order valence-electron chi connectivity index (χ2n) is 17.9. The van der Waals surface area contributed by atoms with Crippen LogP contribution in [0, 0.1) is 0 Å². The Bertz CT molecular complexity index is 3340. The van der Waals surface area contributed by atoms with Crippen molar-refractivity contribution >= 4 is 48.7 Å². The van der Waals surface area contributed by atoms with Gasteiger partial charge in [-0.1, -0.05) is 117 Å². The molecule has 0 atom stereocenters. The molecule has 8 nitrogen and oxygen atoms in total. The minimum absolute atomic E-state index is 0.00374. The number of aromatic hydroxyl groups is 8. The highest BCUT2D eigenvalue weighted by atomic mass is 16.3. The van der Waals surface area contributed by atoms with Gasteiger partial charge in [-0.15, -0.1) is 0 Å². The number of fused-ring (bicyclic) bond motifs is 4. The summed E-state index contributed by atoms with van der Waals surface area (Å²) in [6.07, 6.45) is 6.38. The minimum Gasteiger partial charge on any atom is -0.508 e. The molecule has 8 N–H and O–H groups in total. The van der Waals surface area contributed by atoms with Crippen molar-refractivity contribution < 1.29 is 40.9 Å². The molecule has 0 aliphatic heterocycles. The molecule has 8 heteroatoms. The fraction of sp³-hybridized carbons (Fsp3) is 0.119. The van der Waals surface area contributed by atoms with E-state index in [2.05, 4.69) is 6.58 Å². The maximum atomic E-state index is 12.0. The Morgan fingerprint density at radius 2 is 0.821 bits per heavy atom. The fourth-order valence-electron chi connectivity index (χ4n) is 10.6. The summed E-state index contributed by atoms with van der Waals surface area (Å²) in [5.41, 5.74) is 2.98. The zero-order valence-electron chi connectivity index (χ0n) is 37.3. The minimum atomic E-state index is -1.16. The topological polar surface area (TPSA) is 162 Å². The third kappa shape index (κ3) is 7.76. The second-order valence-corrected chi connectivity index (χ2v) is 17.9. The van der Waals surface area contributed by atoms with Gasteiger partial charge in [0.1, 0.15) is 46.0 Å². The maximum absolute atomic E-state index is 12.0. The summed E-state index contributed by atoms with van der Waals surface area (Å²) in [6, 6.07) is 41.2. The van der Waals surface area contributed by atoms with Gasteiger partial charge in [-0.05, 0) is 152 Å². The van der Waals surface area contributed by atoms with Gasteiger partial charge in [-0.2, -0.15) is 0 Å². The molecular weight excluding hydrogens is 837 g/mol. The highest BCUT2D eigenvalue weighted by Crippen LogP contribution is 2.53. The molecule has 9 aromatic carbocycles. The quantitative estimate of drug-likeness (QED) is 0.0596. The molecule has 0 heterocycles. The Kier molecular flexibility index (Phi) is 11.1. The number of phenols is 8. The van der Waals surface area contributed by atoms with E-state index in [9.17, 15) is 40.9 Å². The summed E-state index contributed by atoms with van der Waals surface area (Å²) < 4.78 is 0. The molecule has 0 fully saturated rings. The zero-order valence-corrected chi connectivity index (χ0v) is 37.3. The molecular formula is C59H50O8. The zero-order chi connectivity index (χ0) is 47.4. The number of hydrogen-bond acceptors (Lipinski definition) is 8. The highest BCUT2D eigenvalue weighted by Gasteiger charge is 2.40. The van der Waals surface area contributed by atoms with E-state index in [0.29, 0.717) is 70.9 Å². The van der Waals surface area contributed by atoms with Crippen molar-refractivity contribution in [2.75, 3.05) is 0 Å². The van der Waals surface area contributed by atoms with Crippen LogP contribution in [0.25, 0.3) is 48.7 Å². The molecule has 0 saturated heterocycles. The number of benzene rings is 9. The lowest BCUT2D eigenvalue weighted by molar-refractivity contribution is 0.427. The Balaban J connectivity index is 1.24. The van der Waals surface area contributed by atoms with E-state index in [1.165, 1.54) is 0 Å². The van der Waals surface area contributed by atoms with Crippen LogP contribution in [0.2, 0.25) is 0 Å². The summed E-state index contributed by atoms with van der Waals surface area (Å²) in [7, 11) is 0. The second kappa shape index (κ2) is 16.9. The molecule has 0 spiro atoms. The first kappa shape index (κ1) is 43.9. The van der Waals surface area contributed by atoms with Gasteiger partial charge >= 0.3 is 0 Å². The summed E-state index contributed by atoms with van der Waals surface area (Å²) >= 11 is 0. The Morgan fingerprint density at radius 3 is 1.19 bits per heavy atom. The lowest BCUT2D eigenvalue weighted by Crippen LogP contribution is -2.28. The fourth-order valence-corrected chi connectivity index (χ4v) is 10.6. The molecule has 9 aromatic rings. The predicted molar refractivity (Wildman–Crippen MR) is 269 cm³/mol. The van der Waals surface area contributed by atoms with Gasteiger partial charge in [-0.3, -0.25) is 0 Å². The van der Waals surface area contributed by atoms with Gasteiger partial charge in [0.2, 0.25) is 0 Å². The normalized spacial score (nSPS) is 12.5. The smallest absolute Gasteiger partial charge is 0.120 e. The molecule has 9 rings (SSSR count). The van der Waals surface area contributed by atoms with Crippen molar-refractivity contribution in [1.29, 1.82) is 0 Å². The average Bonchev–Trinajstić information content (AvgIpc) is 3.29. The Labute approximate surface area is 387 Å². The third-order valence-corrected chi connectivity index (χ3v) is 13.3. The number of phenolic OH excluding ortho intramolecular Hbond substituents is 8. The average molecular weight is 887 g/mol. The van der Waals surface area contributed by atoms with Crippen LogP contribution in [0.1, 0.15) is 60.6 Å². The van der Waals surface area contributed by atoms with E-state index in [1.807, 2.05) is 63.3 Å². The van der Waals surface area contributed by atoms with Crippen molar-refractivity contribution in [3.63, 3.8) is 0 Å². The molecule has 0 saturated carbocycles. The van der Waals surface area contributed by atoms with Crippen molar-refractivity contribution in [3.05, 3.63) is 209 Å². The van der Waals surface area contributed by atoms with Crippen molar-refractivity contribution in [3.8, 4) is 46.0 Å². The van der Waals surface area contributed by atoms with Gasteiger partial charge < -0.3 is 40.9 Å². The lowest BCUT2D eigenvalue weighted by Gasteiger charge is -2.35. The van der Waals surface area contributed by atoms with Crippen LogP contribution < -0.4 is 0 Å². The summed E-state index contributed by atoms with van der Waals surface area (Å²) in [6.45, 7) is 10.5. The molecule has 0 bridgehead atoms. The van der Waals surface area contributed by atoms with Gasteiger partial charge in [0, 0.05) is 33.1 Å². The van der Waals surface area contributed by atoms with E-state index in [0.717, 1.165) is 16.7 Å². The first-order chi connectivity index (χ1) is 32.1. The van der Waals surface area contributed by atoms with Crippen molar-refractivity contribution in [1.82, 2.24) is 0 Å². The Hall–Kier alpha value is -8.36. The maximum Gasteiger partial charge on any atom is 0.120 e. The SMILES string of the molecule is C=C(/C=C(\C=C/C)c1ccccc1CC(C)(c1c(O)ccc2cc(O)ccc12)c1c(O)ccc2cc(O)ccc12)CC(C)(c1c(O)ccc2cc(O)ccc12)c1c(O)ccc2cc(O)ccc12. The third-order valence-electron chi connectivity index (χ3n) is 13.3. The van der Waals surface area contributed by atoms with Gasteiger partial charge in [0.15, 0.2) is 0 Å². The molecule has 0 aliphatic carbocycles. The largest absolute Gasteiger partial charge is 0.508 e. The summed E-state index contributed by atoms with van der Waals surface area (Å²) in [5.74, 6) is 0.265. The van der Waals surface area contributed by atoms with Gasteiger partial charge in [0.25, 0.3) is 0 Å². The molecule has 0 aromatic heterocycles. The first-order valence-electron chi connectivity index (χ1n) is 22.0. The molecule has 67 heavy (non-hydrogen) atoms. The number of rotatable bonds is 11. The molecule has 0 radical (unpaired) electrons. The van der Waals surface area contributed by atoms with E-state index in [4.69, 9.17) is 0 Å². The molecule has 0 amide bonds. The van der Waals surface area contributed by atoms with Crippen molar-refractivity contribution in [2.45, 2.75) is 44.4 Å². The van der Waals surface area contributed by atoms with Gasteiger partial charge in [0.05, 0.1) is 0 Å². The van der Waals surface area contributed by atoms with Gasteiger partial charge in [-0.25, -0.2) is 0 Å². The molecule has 334 valence electrons. The van der Waals surface area contributed by atoms with Crippen molar-refractivity contribution in [2.24, 2.45) is 0 Å². The van der Waals surface area contributed by atoms with Crippen LogP contribution in [0.3, 0.4) is 0 Å². The van der Waals surface area contributed by atoms with E-state index in [1.54, 1.807) is 121 Å². The first-order valence-corrected chi connectivity index (χ1v) is 22.0. The van der Waals surface area contributed by atoms with Crippen LogP contribution >= 0.6 is 0 Å². The van der Waals surface area contributed by atoms with Crippen LogP contribution in [0.5, 0.6) is 46.0 Å². The standard InChI is InChI=1S/C59H50O8/c1-5-8-35(27-34(2)32-58(3,54-46-19-15-41(60)28-36(46)11-23-50(54)64)55-47-20-16-42(61)29-37(47)12-24-51(55)65)45-10-7-6-9-40(45)33-59(4,56-48-21-17-43(62)30-38(48)13-25-52(56)66)57-49-22-18-44(63)31-39(49)14-26-53(57)67/h5-31,60-67H,2,32-33H2,1,3-4H3/b8-5-,35-27+.